The lowest BCUT2D eigenvalue weighted by atomic mass is 10.1. The molecule has 1 amide bonds. The minimum atomic E-state index is -1.49. The molecule has 2 N–H and O–H groups in total. The number of carbonyl (C=O) groups excluding carboxylic acids is 1. The van der Waals surface area contributed by atoms with Crippen molar-refractivity contribution >= 4 is 17.6 Å². The number of benzene rings is 1. The van der Waals surface area contributed by atoms with Gasteiger partial charge in [-0.1, -0.05) is 0 Å². The molecule has 20 heavy (non-hydrogen) atoms. The summed E-state index contributed by atoms with van der Waals surface area (Å²) >= 11 is 0. The monoisotopic (exact) mass is 282 g/mol. The van der Waals surface area contributed by atoms with E-state index in [1.165, 1.54) is 17.3 Å². The van der Waals surface area contributed by atoms with E-state index in [9.17, 15) is 18.4 Å². The van der Waals surface area contributed by atoms with Crippen LogP contribution in [0.4, 0.5) is 14.5 Å². The number of halogens is 2. The lowest BCUT2D eigenvalue weighted by Gasteiger charge is -2.09. The Bertz CT molecular complexity index is 658. The van der Waals surface area contributed by atoms with Crippen LogP contribution < -0.4 is 5.32 Å². The van der Waals surface area contributed by atoms with Crippen molar-refractivity contribution in [2.24, 2.45) is 0 Å². The van der Waals surface area contributed by atoms with Gasteiger partial charge in [-0.15, -0.1) is 0 Å². The van der Waals surface area contributed by atoms with Crippen molar-refractivity contribution in [2.75, 3.05) is 5.32 Å². The summed E-state index contributed by atoms with van der Waals surface area (Å²) in [5.74, 6) is -4.70. The number of rotatable bonds is 4. The number of carboxylic acids is 1. The Balaban J connectivity index is 2.22. The zero-order chi connectivity index (χ0) is 14.7. The van der Waals surface area contributed by atoms with E-state index in [0.717, 1.165) is 0 Å². The maximum atomic E-state index is 13.1. The molecule has 0 saturated heterocycles. The SMILES string of the molecule is O=C(Cn1cncn1)Nc1cc(F)c(F)cc1C(=O)O. The largest absolute Gasteiger partial charge is 0.478 e. The molecular weight excluding hydrogens is 274 g/mol. The fourth-order valence-corrected chi connectivity index (χ4v) is 1.48. The van der Waals surface area contributed by atoms with Crippen LogP contribution in [-0.2, 0) is 11.3 Å². The highest BCUT2D eigenvalue weighted by Crippen LogP contribution is 2.20. The number of aromatic nitrogens is 3. The number of hydrogen-bond acceptors (Lipinski definition) is 4. The molecule has 0 atom stereocenters. The van der Waals surface area contributed by atoms with Crippen LogP contribution >= 0.6 is 0 Å². The van der Waals surface area contributed by atoms with E-state index in [2.05, 4.69) is 15.4 Å². The summed E-state index contributed by atoms with van der Waals surface area (Å²) < 4.78 is 27.3. The van der Waals surface area contributed by atoms with Crippen molar-refractivity contribution in [1.82, 2.24) is 14.8 Å². The Morgan fingerprint density at radius 3 is 2.60 bits per heavy atom. The quantitative estimate of drug-likeness (QED) is 0.868. The first kappa shape index (κ1) is 13.6. The van der Waals surface area contributed by atoms with Gasteiger partial charge in [0, 0.05) is 6.07 Å². The van der Waals surface area contributed by atoms with Crippen LogP contribution in [0.5, 0.6) is 0 Å². The summed E-state index contributed by atoms with van der Waals surface area (Å²) in [5.41, 5.74) is -0.877. The Morgan fingerprint density at radius 1 is 1.30 bits per heavy atom. The van der Waals surface area contributed by atoms with E-state index in [1.807, 2.05) is 0 Å². The van der Waals surface area contributed by atoms with Gasteiger partial charge in [-0.25, -0.2) is 23.2 Å². The first-order chi connectivity index (χ1) is 9.47. The van der Waals surface area contributed by atoms with E-state index in [4.69, 9.17) is 5.11 Å². The van der Waals surface area contributed by atoms with Crippen LogP contribution in [0.25, 0.3) is 0 Å². The topological polar surface area (TPSA) is 97.1 Å². The number of carbonyl (C=O) groups is 2. The molecule has 0 fully saturated rings. The third-order valence-electron chi connectivity index (χ3n) is 2.34. The predicted molar refractivity (Wildman–Crippen MR) is 62.0 cm³/mol. The number of nitrogens with one attached hydrogen (secondary N) is 1. The van der Waals surface area contributed by atoms with Crippen molar-refractivity contribution in [1.29, 1.82) is 0 Å². The van der Waals surface area contributed by atoms with Gasteiger partial charge < -0.3 is 10.4 Å². The first-order valence-corrected chi connectivity index (χ1v) is 5.32. The van der Waals surface area contributed by atoms with E-state index in [1.54, 1.807) is 0 Å². The molecule has 104 valence electrons. The van der Waals surface area contributed by atoms with Gasteiger partial charge in [-0.2, -0.15) is 5.10 Å². The Hall–Kier alpha value is -2.84. The first-order valence-electron chi connectivity index (χ1n) is 5.32. The summed E-state index contributed by atoms with van der Waals surface area (Å²) in [6.07, 6.45) is 2.50. The van der Waals surface area contributed by atoms with Crippen molar-refractivity contribution in [3.63, 3.8) is 0 Å². The maximum absolute atomic E-state index is 13.1. The fraction of sp³-hybridized carbons (Fsp3) is 0.0909. The van der Waals surface area contributed by atoms with E-state index >= 15 is 0 Å². The van der Waals surface area contributed by atoms with Gasteiger partial charge in [0.15, 0.2) is 11.6 Å². The number of carboxylic acid groups (broad SMARTS) is 1. The van der Waals surface area contributed by atoms with Gasteiger partial charge in [0.05, 0.1) is 11.3 Å². The minimum absolute atomic E-state index is 0.238. The summed E-state index contributed by atoms with van der Waals surface area (Å²) in [5, 5.41) is 14.7. The third-order valence-corrected chi connectivity index (χ3v) is 2.34. The molecule has 1 aromatic carbocycles. The van der Waals surface area contributed by atoms with Gasteiger partial charge in [-0.05, 0) is 6.07 Å². The van der Waals surface area contributed by atoms with Crippen LogP contribution in [0.15, 0.2) is 24.8 Å². The van der Waals surface area contributed by atoms with Crippen LogP contribution in [0.2, 0.25) is 0 Å². The average Bonchev–Trinajstić information content (AvgIpc) is 2.85. The lowest BCUT2D eigenvalue weighted by molar-refractivity contribution is -0.116. The van der Waals surface area contributed by atoms with Crippen molar-refractivity contribution in [3.8, 4) is 0 Å². The highest BCUT2D eigenvalue weighted by molar-refractivity contribution is 6.00. The molecule has 0 aliphatic heterocycles. The van der Waals surface area contributed by atoms with Crippen molar-refractivity contribution in [2.45, 2.75) is 6.54 Å². The molecule has 0 bridgehead atoms. The molecule has 0 spiro atoms. The Morgan fingerprint density at radius 2 is 2.00 bits per heavy atom. The Labute approximate surface area is 110 Å². The van der Waals surface area contributed by atoms with Crippen molar-refractivity contribution < 1.29 is 23.5 Å². The summed E-state index contributed by atoms with van der Waals surface area (Å²) in [6.45, 7) is -0.238. The van der Waals surface area contributed by atoms with Gasteiger partial charge in [-0.3, -0.25) is 4.79 Å². The maximum Gasteiger partial charge on any atom is 0.337 e. The number of nitrogens with zero attached hydrogens (tertiary/aromatic N) is 3. The molecule has 0 aliphatic rings. The minimum Gasteiger partial charge on any atom is -0.478 e. The van der Waals surface area contributed by atoms with Crippen LogP contribution in [0.3, 0.4) is 0 Å². The molecule has 0 saturated carbocycles. The number of aromatic carboxylic acids is 1. The molecule has 0 unspecified atom stereocenters. The summed E-state index contributed by atoms with van der Waals surface area (Å²) in [6, 6.07) is 1.11. The highest BCUT2D eigenvalue weighted by atomic mass is 19.2. The smallest absolute Gasteiger partial charge is 0.337 e. The van der Waals surface area contributed by atoms with Crippen molar-refractivity contribution in [3.05, 3.63) is 42.0 Å². The molecular formula is C11H8F2N4O3. The second-order valence-corrected chi connectivity index (χ2v) is 3.76. The fourth-order valence-electron chi connectivity index (χ4n) is 1.48. The predicted octanol–water partition coefficient (Wildman–Crippen LogP) is 0.893. The van der Waals surface area contributed by atoms with E-state index in [-0.39, 0.29) is 12.2 Å². The molecule has 2 aromatic rings. The summed E-state index contributed by atoms with van der Waals surface area (Å²) in [4.78, 5) is 26.2. The third kappa shape index (κ3) is 2.94. The van der Waals surface area contributed by atoms with Gasteiger partial charge >= 0.3 is 5.97 Å². The molecule has 0 aliphatic carbocycles. The van der Waals surface area contributed by atoms with Gasteiger partial charge in [0.1, 0.15) is 19.2 Å². The highest BCUT2D eigenvalue weighted by Gasteiger charge is 2.17. The number of amides is 1. The molecule has 0 radical (unpaired) electrons. The van der Waals surface area contributed by atoms with E-state index < -0.39 is 29.1 Å². The zero-order valence-electron chi connectivity index (χ0n) is 9.88. The molecule has 2 rings (SSSR count). The second-order valence-electron chi connectivity index (χ2n) is 3.76. The Kier molecular flexibility index (Phi) is 3.69. The molecule has 1 aromatic heterocycles. The number of anilines is 1. The average molecular weight is 282 g/mol. The van der Waals surface area contributed by atoms with Gasteiger partial charge in [0.25, 0.3) is 0 Å². The number of hydrogen-bond donors (Lipinski definition) is 2. The second kappa shape index (κ2) is 5.43. The van der Waals surface area contributed by atoms with Crippen LogP contribution in [0.1, 0.15) is 10.4 Å². The normalized spacial score (nSPS) is 10.3. The lowest BCUT2D eigenvalue weighted by Crippen LogP contribution is -2.21. The standard InChI is InChI=1S/C11H8F2N4O3/c12-7-1-6(11(19)20)9(2-8(7)13)16-10(18)3-17-5-14-4-15-17/h1-2,4-5H,3H2,(H,16,18)(H,19,20). The van der Waals surface area contributed by atoms with E-state index in [0.29, 0.717) is 12.1 Å². The molecule has 7 nitrogen and oxygen atoms in total. The zero-order valence-corrected chi connectivity index (χ0v) is 9.88. The molecule has 1 heterocycles. The van der Waals surface area contributed by atoms with Gasteiger partial charge in [0.2, 0.25) is 5.91 Å². The van der Waals surface area contributed by atoms with Crippen LogP contribution in [-0.4, -0.2) is 31.7 Å². The van der Waals surface area contributed by atoms with Crippen LogP contribution in [0, 0.1) is 11.6 Å². The molecule has 9 heteroatoms. The summed E-state index contributed by atoms with van der Waals surface area (Å²) in [7, 11) is 0.